The quantitative estimate of drug-likeness (QED) is 0.249. The number of amides is 3. The molecule has 5 aliphatic heterocycles. The lowest BCUT2D eigenvalue weighted by Gasteiger charge is -2.28. The number of nitrogens with one attached hydrogen (secondary N) is 1. The number of nitrogens with zero attached hydrogens (tertiary/aromatic N) is 1. The number of hydrogen-bond acceptors (Lipinski definition) is 13. The third kappa shape index (κ3) is 6.23. The van der Waals surface area contributed by atoms with E-state index in [1.54, 1.807) is 60.6 Å². The SMILES string of the molecule is CC(C)(C)OC(=O)[C@H]1O[C@@H]2OC(C)(C)O[C@@H]2[C@@H]1CONC(=O)[C@H]1O[C@@H]2OC(C)(C)O[C@@H]2[C@@H]1CON1C(=O)c2ccccc2C1=O. The van der Waals surface area contributed by atoms with Crippen LogP contribution in [0.4, 0.5) is 0 Å². The molecule has 6 rings (SSSR count). The zero-order valence-corrected chi connectivity index (χ0v) is 26.1. The Labute approximate surface area is 259 Å². The van der Waals surface area contributed by atoms with Crippen molar-refractivity contribution in [2.45, 2.75) is 103 Å². The van der Waals surface area contributed by atoms with Gasteiger partial charge >= 0.3 is 5.97 Å². The smallest absolute Gasteiger partial charge is 0.336 e. The van der Waals surface area contributed by atoms with Crippen molar-refractivity contribution in [1.29, 1.82) is 0 Å². The predicted molar refractivity (Wildman–Crippen MR) is 147 cm³/mol. The maximum absolute atomic E-state index is 13.4. The van der Waals surface area contributed by atoms with Crippen LogP contribution < -0.4 is 5.48 Å². The topological polar surface area (TPSA) is 167 Å². The van der Waals surface area contributed by atoms with Gasteiger partial charge in [0.1, 0.15) is 23.9 Å². The number of hydrogen-bond donors (Lipinski definition) is 1. The zero-order chi connectivity index (χ0) is 32.5. The molecule has 4 saturated heterocycles. The molecule has 15 heteroatoms. The van der Waals surface area contributed by atoms with Gasteiger partial charge in [-0.1, -0.05) is 12.1 Å². The molecule has 0 spiro atoms. The first-order valence-electron chi connectivity index (χ1n) is 14.8. The van der Waals surface area contributed by atoms with Gasteiger partial charge in [0.25, 0.3) is 17.7 Å². The molecule has 3 amide bonds. The van der Waals surface area contributed by atoms with Gasteiger partial charge in [-0.15, -0.1) is 5.06 Å². The third-order valence-electron chi connectivity index (χ3n) is 7.86. The molecule has 0 aliphatic carbocycles. The Morgan fingerprint density at radius 3 is 1.87 bits per heavy atom. The summed E-state index contributed by atoms with van der Waals surface area (Å²) in [6, 6.07) is 6.36. The van der Waals surface area contributed by atoms with Gasteiger partial charge < -0.3 is 33.2 Å². The summed E-state index contributed by atoms with van der Waals surface area (Å²) in [7, 11) is 0. The second kappa shape index (κ2) is 11.3. The van der Waals surface area contributed by atoms with Crippen LogP contribution in [0.3, 0.4) is 0 Å². The summed E-state index contributed by atoms with van der Waals surface area (Å²) < 4.78 is 40.9. The Morgan fingerprint density at radius 2 is 1.33 bits per heavy atom. The molecule has 5 aliphatic rings. The van der Waals surface area contributed by atoms with Crippen molar-refractivity contribution >= 4 is 23.7 Å². The van der Waals surface area contributed by atoms with E-state index in [-0.39, 0.29) is 24.3 Å². The molecule has 45 heavy (non-hydrogen) atoms. The Bertz CT molecular complexity index is 1340. The van der Waals surface area contributed by atoms with Crippen LogP contribution in [-0.2, 0) is 52.4 Å². The molecule has 1 N–H and O–H groups in total. The van der Waals surface area contributed by atoms with E-state index in [2.05, 4.69) is 5.48 Å². The van der Waals surface area contributed by atoms with Crippen LogP contribution in [0.15, 0.2) is 24.3 Å². The van der Waals surface area contributed by atoms with Crippen LogP contribution in [0.2, 0.25) is 0 Å². The predicted octanol–water partition coefficient (Wildman–Crippen LogP) is 1.59. The molecule has 0 aromatic heterocycles. The van der Waals surface area contributed by atoms with Crippen molar-refractivity contribution in [3.8, 4) is 0 Å². The van der Waals surface area contributed by atoms with E-state index < -0.39 is 89.7 Å². The van der Waals surface area contributed by atoms with E-state index in [0.29, 0.717) is 5.06 Å². The van der Waals surface area contributed by atoms with Crippen molar-refractivity contribution in [3.05, 3.63) is 35.4 Å². The first kappa shape index (κ1) is 31.9. The van der Waals surface area contributed by atoms with E-state index in [4.69, 9.17) is 42.8 Å². The van der Waals surface area contributed by atoms with Crippen LogP contribution >= 0.6 is 0 Å². The fraction of sp³-hybridized carbons (Fsp3) is 0.667. The van der Waals surface area contributed by atoms with Crippen LogP contribution in [0.1, 0.15) is 69.2 Å². The van der Waals surface area contributed by atoms with Crippen LogP contribution in [0.25, 0.3) is 0 Å². The molecule has 8 atom stereocenters. The van der Waals surface area contributed by atoms with Gasteiger partial charge in [-0.05, 0) is 60.6 Å². The highest BCUT2D eigenvalue weighted by Gasteiger charge is 2.59. The Kier molecular flexibility index (Phi) is 8.05. The molecule has 246 valence electrons. The number of benzene rings is 1. The van der Waals surface area contributed by atoms with Crippen LogP contribution in [0.5, 0.6) is 0 Å². The molecular weight excluding hydrogens is 596 g/mol. The van der Waals surface area contributed by atoms with E-state index >= 15 is 0 Å². The highest BCUT2D eigenvalue weighted by molar-refractivity contribution is 6.20. The molecular formula is C30H38N2O13. The van der Waals surface area contributed by atoms with Gasteiger partial charge in [0, 0.05) is 0 Å². The molecule has 1 aromatic rings. The van der Waals surface area contributed by atoms with Gasteiger partial charge in [-0.3, -0.25) is 24.1 Å². The molecule has 0 radical (unpaired) electrons. The van der Waals surface area contributed by atoms with Gasteiger partial charge in [-0.2, -0.15) is 0 Å². The molecule has 0 saturated carbocycles. The molecule has 0 bridgehead atoms. The number of hydroxylamine groups is 3. The van der Waals surface area contributed by atoms with Crippen molar-refractivity contribution < 1.29 is 62.0 Å². The Morgan fingerprint density at radius 1 is 0.822 bits per heavy atom. The second-order valence-corrected chi connectivity index (χ2v) is 13.4. The van der Waals surface area contributed by atoms with Crippen LogP contribution in [0, 0.1) is 11.8 Å². The molecule has 4 fully saturated rings. The summed E-state index contributed by atoms with van der Waals surface area (Å²) in [4.78, 5) is 63.3. The van der Waals surface area contributed by atoms with Crippen molar-refractivity contribution in [2.75, 3.05) is 13.2 Å². The normalized spacial score (nSPS) is 34.5. The van der Waals surface area contributed by atoms with Gasteiger partial charge in [-0.25, -0.2) is 10.3 Å². The summed E-state index contributed by atoms with van der Waals surface area (Å²) in [5, 5.41) is 0.670. The average Bonchev–Trinajstić information content (AvgIpc) is 3.67. The maximum Gasteiger partial charge on any atom is 0.336 e. The third-order valence-corrected chi connectivity index (χ3v) is 7.86. The number of carbonyl (C=O) groups excluding carboxylic acids is 4. The van der Waals surface area contributed by atoms with Crippen molar-refractivity contribution in [2.24, 2.45) is 11.8 Å². The fourth-order valence-corrected chi connectivity index (χ4v) is 6.06. The molecule has 15 nitrogen and oxygen atoms in total. The Balaban J connectivity index is 1.11. The average molecular weight is 635 g/mol. The minimum atomic E-state index is -1.20. The first-order chi connectivity index (χ1) is 21.0. The first-order valence-corrected chi connectivity index (χ1v) is 14.8. The standard InChI is InChI=1S/C30H38N2O13/c1-28(2,3)43-25(36)19-16(20-27(40-19)45-29(4,5)41-20)12-37-31-22(33)18-17(21-26(39-18)44-30(6,7)42-21)13-38-32-23(34)14-10-8-9-11-15(14)24(32)35/h8-11,16-21,26-27H,12-13H2,1-7H3,(H,31,33)/t16-,17-,18+,19+,20-,21-,26-,27-/m1/s1. The van der Waals surface area contributed by atoms with Gasteiger partial charge in [0.15, 0.2) is 30.3 Å². The summed E-state index contributed by atoms with van der Waals surface area (Å²) >= 11 is 0. The lowest BCUT2D eigenvalue weighted by atomic mass is 9.99. The minimum Gasteiger partial charge on any atom is -0.458 e. The number of ether oxygens (including phenoxy) is 7. The Hall–Kier alpha value is -3.02. The van der Waals surface area contributed by atoms with E-state index in [1.807, 2.05) is 0 Å². The number of fused-ring (bicyclic) bond motifs is 3. The highest BCUT2D eigenvalue weighted by Crippen LogP contribution is 2.43. The monoisotopic (exact) mass is 634 g/mol. The van der Waals surface area contributed by atoms with E-state index in [9.17, 15) is 19.2 Å². The number of esters is 1. The van der Waals surface area contributed by atoms with Crippen LogP contribution in [-0.4, -0.2) is 96.1 Å². The highest BCUT2D eigenvalue weighted by atomic mass is 16.8. The molecule has 1 aromatic carbocycles. The lowest BCUT2D eigenvalue weighted by Crippen LogP contribution is -2.46. The number of carbonyl (C=O) groups is 4. The lowest BCUT2D eigenvalue weighted by molar-refractivity contribution is -0.223. The molecule has 0 unspecified atom stereocenters. The minimum absolute atomic E-state index is 0.188. The van der Waals surface area contributed by atoms with E-state index in [0.717, 1.165) is 0 Å². The maximum atomic E-state index is 13.4. The summed E-state index contributed by atoms with van der Waals surface area (Å²) in [6.07, 6.45) is -5.44. The summed E-state index contributed by atoms with van der Waals surface area (Å²) in [5.74, 6) is -5.98. The fourth-order valence-electron chi connectivity index (χ4n) is 6.06. The zero-order valence-electron chi connectivity index (χ0n) is 26.1. The van der Waals surface area contributed by atoms with Crippen molar-refractivity contribution in [3.63, 3.8) is 0 Å². The van der Waals surface area contributed by atoms with E-state index in [1.165, 1.54) is 12.1 Å². The van der Waals surface area contributed by atoms with Gasteiger partial charge in [0.2, 0.25) is 0 Å². The number of imide groups is 1. The van der Waals surface area contributed by atoms with Gasteiger partial charge in [0.05, 0.1) is 36.2 Å². The summed E-state index contributed by atoms with van der Waals surface area (Å²) in [5.41, 5.74) is 2.05. The molecule has 5 heterocycles. The largest absolute Gasteiger partial charge is 0.458 e. The summed E-state index contributed by atoms with van der Waals surface area (Å²) in [6.45, 7) is 11.6. The van der Waals surface area contributed by atoms with Crippen molar-refractivity contribution in [1.82, 2.24) is 10.5 Å². The second-order valence-electron chi connectivity index (χ2n) is 13.4. The number of rotatable bonds is 8.